The number of H-pyrrole nitrogens is 1. The lowest BCUT2D eigenvalue weighted by atomic mass is 9.97. The molecule has 4 N–H and O–H groups in total. The molecule has 23 heavy (non-hydrogen) atoms. The smallest absolute Gasteiger partial charge is 0.407 e. The van der Waals surface area contributed by atoms with Crippen LogP contribution in [0.3, 0.4) is 0 Å². The fraction of sp³-hybridized carbons (Fsp3) is 0.353. The Hall–Kier alpha value is -2.31. The van der Waals surface area contributed by atoms with Crippen LogP contribution in [0.25, 0.3) is 16.5 Å². The van der Waals surface area contributed by atoms with Gasteiger partial charge >= 0.3 is 6.09 Å². The van der Waals surface area contributed by atoms with E-state index in [0.29, 0.717) is 6.61 Å². The summed E-state index contributed by atoms with van der Waals surface area (Å²) in [6.07, 6.45) is 5.13. The highest BCUT2D eigenvalue weighted by atomic mass is 16.6. The molecule has 6 heteroatoms. The molecule has 6 nitrogen and oxygen atoms in total. The lowest BCUT2D eigenvalue weighted by Crippen LogP contribution is -2.23. The normalized spacial score (nSPS) is 21.5. The predicted molar refractivity (Wildman–Crippen MR) is 89.2 cm³/mol. The minimum absolute atomic E-state index is 0. The van der Waals surface area contributed by atoms with Crippen molar-refractivity contribution < 1.29 is 15.0 Å². The Morgan fingerprint density at radius 3 is 2.91 bits per heavy atom. The van der Waals surface area contributed by atoms with E-state index in [0.717, 1.165) is 30.6 Å². The van der Waals surface area contributed by atoms with Gasteiger partial charge in [-0.05, 0) is 36.7 Å². The standard InChI is InChI=1S/C17H19N3O2.H2O/c1-20-6-4-11(5-7-20)14-9-18-15-3-2-12(8-13(14)15)16-10-22-17(21)19-16;/h2-4,8-9,16,18H,5-7,10H2,1H3,(H,19,21);1H2. The van der Waals surface area contributed by atoms with Gasteiger partial charge in [0.25, 0.3) is 0 Å². The van der Waals surface area contributed by atoms with Crippen molar-refractivity contribution in [2.45, 2.75) is 12.5 Å². The zero-order valence-corrected chi connectivity index (χ0v) is 13.1. The Balaban J connectivity index is 0.00000156. The van der Waals surface area contributed by atoms with Crippen LogP contribution in [0.1, 0.15) is 23.6 Å². The minimum Gasteiger partial charge on any atom is -0.447 e. The summed E-state index contributed by atoms with van der Waals surface area (Å²) < 4.78 is 5.00. The highest BCUT2D eigenvalue weighted by Crippen LogP contribution is 2.31. The van der Waals surface area contributed by atoms with E-state index in [2.05, 4.69) is 46.7 Å². The van der Waals surface area contributed by atoms with E-state index < -0.39 is 0 Å². The largest absolute Gasteiger partial charge is 0.447 e. The first-order chi connectivity index (χ1) is 10.7. The van der Waals surface area contributed by atoms with Gasteiger partial charge in [0.15, 0.2) is 0 Å². The van der Waals surface area contributed by atoms with Crippen molar-refractivity contribution >= 4 is 22.6 Å². The summed E-state index contributed by atoms with van der Waals surface area (Å²) in [5.41, 5.74) is 4.89. The summed E-state index contributed by atoms with van der Waals surface area (Å²) in [5, 5.41) is 4.06. The van der Waals surface area contributed by atoms with Crippen molar-refractivity contribution in [1.29, 1.82) is 0 Å². The molecule has 1 saturated heterocycles. The zero-order chi connectivity index (χ0) is 15.1. The molecule has 1 unspecified atom stereocenters. The molecule has 0 radical (unpaired) electrons. The Morgan fingerprint density at radius 1 is 1.35 bits per heavy atom. The number of nitrogens with zero attached hydrogens (tertiary/aromatic N) is 1. The van der Waals surface area contributed by atoms with Crippen molar-refractivity contribution in [3.63, 3.8) is 0 Å². The molecule has 122 valence electrons. The van der Waals surface area contributed by atoms with Crippen LogP contribution in [0, 0.1) is 0 Å². The maximum atomic E-state index is 11.2. The second-order valence-electron chi connectivity index (χ2n) is 6.04. The van der Waals surface area contributed by atoms with E-state index in [1.54, 1.807) is 0 Å². The number of hydrogen-bond donors (Lipinski definition) is 2. The Labute approximate surface area is 134 Å². The molecule has 0 bridgehead atoms. The molecule has 4 rings (SSSR count). The van der Waals surface area contributed by atoms with E-state index in [1.807, 2.05) is 6.07 Å². The SMILES string of the molecule is CN1CC=C(c2c[nH]c3ccc(C4COC(=O)N4)cc23)CC1.O. The third-order valence-corrected chi connectivity index (χ3v) is 4.54. The van der Waals surface area contributed by atoms with Crippen LogP contribution in [0.2, 0.25) is 0 Å². The van der Waals surface area contributed by atoms with E-state index in [9.17, 15) is 4.79 Å². The Bertz CT molecular complexity index is 766. The lowest BCUT2D eigenvalue weighted by molar-refractivity contribution is 0.177. The van der Waals surface area contributed by atoms with Gasteiger partial charge < -0.3 is 25.4 Å². The maximum absolute atomic E-state index is 11.2. The highest BCUT2D eigenvalue weighted by Gasteiger charge is 2.24. The second-order valence-corrected chi connectivity index (χ2v) is 6.04. The lowest BCUT2D eigenvalue weighted by Gasteiger charge is -2.21. The molecular formula is C17H21N3O3. The molecule has 0 saturated carbocycles. The summed E-state index contributed by atoms with van der Waals surface area (Å²) in [6.45, 7) is 2.48. The number of cyclic esters (lactones) is 1. The molecule has 3 heterocycles. The summed E-state index contributed by atoms with van der Waals surface area (Å²) in [4.78, 5) is 16.9. The average molecular weight is 315 g/mol. The van der Waals surface area contributed by atoms with Gasteiger partial charge in [-0.15, -0.1) is 0 Å². The molecule has 2 aliphatic rings. The molecule has 0 spiro atoms. The number of ether oxygens (including phenoxy) is 1. The van der Waals surface area contributed by atoms with Gasteiger partial charge in [-0.1, -0.05) is 12.1 Å². The van der Waals surface area contributed by atoms with Gasteiger partial charge in [0.2, 0.25) is 0 Å². The number of aromatic amines is 1. The number of likely N-dealkylation sites (N-methyl/N-ethyl adjacent to an activating group) is 1. The minimum atomic E-state index is -0.336. The first kappa shape index (κ1) is 15.6. The van der Waals surface area contributed by atoms with Crippen molar-refractivity contribution in [2.24, 2.45) is 0 Å². The Kier molecular flexibility index (Phi) is 4.11. The van der Waals surface area contributed by atoms with Crippen molar-refractivity contribution in [2.75, 3.05) is 26.7 Å². The third kappa shape index (κ3) is 2.83. The van der Waals surface area contributed by atoms with Gasteiger partial charge in [-0.2, -0.15) is 0 Å². The van der Waals surface area contributed by atoms with Crippen LogP contribution in [-0.2, 0) is 4.74 Å². The first-order valence-electron chi connectivity index (χ1n) is 7.63. The summed E-state index contributed by atoms with van der Waals surface area (Å²) >= 11 is 0. The molecule has 1 aromatic heterocycles. The average Bonchev–Trinajstić information content (AvgIpc) is 3.14. The fourth-order valence-electron chi connectivity index (χ4n) is 3.20. The number of benzene rings is 1. The molecule has 2 aromatic rings. The molecule has 1 fully saturated rings. The van der Waals surface area contributed by atoms with Crippen LogP contribution in [0.4, 0.5) is 4.79 Å². The number of amides is 1. The van der Waals surface area contributed by atoms with Crippen LogP contribution in [-0.4, -0.2) is 48.2 Å². The number of hydrogen-bond acceptors (Lipinski definition) is 3. The van der Waals surface area contributed by atoms with E-state index in [-0.39, 0.29) is 17.6 Å². The van der Waals surface area contributed by atoms with Crippen molar-refractivity contribution in [3.05, 3.63) is 41.6 Å². The van der Waals surface area contributed by atoms with Gasteiger partial charge in [-0.25, -0.2) is 4.79 Å². The van der Waals surface area contributed by atoms with Crippen molar-refractivity contribution in [3.8, 4) is 0 Å². The monoisotopic (exact) mass is 315 g/mol. The van der Waals surface area contributed by atoms with E-state index in [4.69, 9.17) is 4.74 Å². The molecule has 1 atom stereocenters. The van der Waals surface area contributed by atoms with Gasteiger partial charge in [0.05, 0.1) is 6.04 Å². The van der Waals surface area contributed by atoms with Crippen LogP contribution >= 0.6 is 0 Å². The number of carbonyl (C=O) groups is 1. The molecule has 1 aromatic carbocycles. The summed E-state index contributed by atoms with van der Waals surface area (Å²) in [5.74, 6) is 0. The highest BCUT2D eigenvalue weighted by molar-refractivity contribution is 5.93. The van der Waals surface area contributed by atoms with Gasteiger partial charge in [0, 0.05) is 35.8 Å². The van der Waals surface area contributed by atoms with Crippen LogP contribution < -0.4 is 5.32 Å². The van der Waals surface area contributed by atoms with Crippen LogP contribution in [0.15, 0.2) is 30.5 Å². The first-order valence-corrected chi connectivity index (χ1v) is 7.63. The molecule has 2 aliphatic heterocycles. The Morgan fingerprint density at radius 2 is 2.22 bits per heavy atom. The zero-order valence-electron chi connectivity index (χ0n) is 13.1. The topological polar surface area (TPSA) is 88.9 Å². The number of nitrogens with one attached hydrogen (secondary N) is 2. The van der Waals surface area contributed by atoms with E-state index in [1.165, 1.54) is 16.5 Å². The number of alkyl carbamates (subject to hydrolysis) is 1. The number of rotatable bonds is 2. The fourth-order valence-corrected chi connectivity index (χ4v) is 3.20. The second kappa shape index (κ2) is 6.06. The predicted octanol–water partition coefficient (Wildman–Crippen LogP) is 1.84. The van der Waals surface area contributed by atoms with Crippen molar-refractivity contribution in [1.82, 2.24) is 15.2 Å². The molecule has 0 aliphatic carbocycles. The third-order valence-electron chi connectivity index (χ3n) is 4.54. The van der Waals surface area contributed by atoms with Crippen LogP contribution in [0.5, 0.6) is 0 Å². The number of aromatic nitrogens is 1. The molecular weight excluding hydrogens is 294 g/mol. The maximum Gasteiger partial charge on any atom is 0.407 e. The summed E-state index contributed by atoms with van der Waals surface area (Å²) in [6, 6.07) is 6.24. The quantitative estimate of drug-likeness (QED) is 0.886. The number of carbonyl (C=O) groups excluding carboxylic acids is 1. The number of fused-ring (bicyclic) bond motifs is 1. The van der Waals surface area contributed by atoms with E-state index >= 15 is 0 Å². The summed E-state index contributed by atoms with van der Waals surface area (Å²) in [7, 11) is 2.14. The van der Waals surface area contributed by atoms with Gasteiger partial charge in [-0.3, -0.25) is 0 Å². The van der Waals surface area contributed by atoms with Gasteiger partial charge in [0.1, 0.15) is 6.61 Å². The molecule has 1 amide bonds.